The molecule has 2 atom stereocenters. The monoisotopic (exact) mass is 346 g/mol. The first kappa shape index (κ1) is 18.8. The van der Waals surface area contributed by atoms with Crippen molar-refractivity contribution in [3.8, 4) is 0 Å². The zero-order chi connectivity index (χ0) is 18.6. The number of H-pyrrole nitrogens is 1. The SMILES string of the molecule is CCC(NC(=O)[C@@H](C)NC(=O)OC(C)(C)C)c1nc2ccccc2[nH]1. The lowest BCUT2D eigenvalue weighted by atomic mass is 10.2. The molecule has 1 unspecified atom stereocenters. The fraction of sp³-hybridized carbons (Fsp3) is 0.500. The number of alkyl carbamates (subject to hydrolysis) is 1. The molecule has 0 aliphatic carbocycles. The number of amides is 2. The highest BCUT2D eigenvalue weighted by Crippen LogP contribution is 2.18. The lowest BCUT2D eigenvalue weighted by Crippen LogP contribution is -2.47. The number of benzene rings is 1. The Labute approximate surface area is 147 Å². The van der Waals surface area contributed by atoms with E-state index in [-0.39, 0.29) is 11.9 Å². The second-order valence-corrected chi connectivity index (χ2v) is 6.98. The first-order chi connectivity index (χ1) is 11.7. The molecule has 0 aliphatic heterocycles. The van der Waals surface area contributed by atoms with Crippen molar-refractivity contribution in [3.05, 3.63) is 30.1 Å². The third-order valence-corrected chi connectivity index (χ3v) is 3.59. The van der Waals surface area contributed by atoms with Crippen molar-refractivity contribution in [2.75, 3.05) is 0 Å². The van der Waals surface area contributed by atoms with E-state index in [0.29, 0.717) is 12.2 Å². The van der Waals surface area contributed by atoms with Crippen LogP contribution < -0.4 is 10.6 Å². The van der Waals surface area contributed by atoms with Gasteiger partial charge in [0, 0.05) is 0 Å². The molecule has 0 radical (unpaired) electrons. The molecule has 7 nitrogen and oxygen atoms in total. The fourth-order valence-corrected chi connectivity index (χ4v) is 2.35. The van der Waals surface area contributed by atoms with Crippen LogP contribution in [-0.4, -0.2) is 33.6 Å². The number of aromatic nitrogens is 2. The molecule has 2 rings (SSSR count). The van der Waals surface area contributed by atoms with Crippen LogP contribution in [0.3, 0.4) is 0 Å². The molecule has 2 aromatic rings. The van der Waals surface area contributed by atoms with Gasteiger partial charge < -0.3 is 20.4 Å². The number of rotatable bonds is 5. The number of nitrogens with one attached hydrogen (secondary N) is 3. The first-order valence-corrected chi connectivity index (χ1v) is 8.44. The number of fused-ring (bicyclic) bond motifs is 1. The molecule has 2 amide bonds. The van der Waals surface area contributed by atoms with Gasteiger partial charge in [-0.2, -0.15) is 0 Å². The number of ether oxygens (including phenoxy) is 1. The van der Waals surface area contributed by atoms with Crippen molar-refractivity contribution >= 4 is 23.0 Å². The van der Waals surface area contributed by atoms with Crippen molar-refractivity contribution in [2.45, 2.75) is 58.7 Å². The lowest BCUT2D eigenvalue weighted by Gasteiger charge is -2.22. The standard InChI is InChI=1S/C18H26N4O3/c1-6-12(15-20-13-9-7-8-10-14(13)21-15)22-16(23)11(2)19-17(24)25-18(3,4)5/h7-12H,6H2,1-5H3,(H,19,24)(H,20,21)(H,22,23)/t11-,12?/m1/s1. The van der Waals surface area contributed by atoms with Gasteiger partial charge in [0.05, 0.1) is 17.1 Å². The maximum atomic E-state index is 12.4. The predicted octanol–water partition coefficient (Wildman–Crippen LogP) is 3.04. The molecule has 3 N–H and O–H groups in total. The summed E-state index contributed by atoms with van der Waals surface area (Å²) in [4.78, 5) is 31.9. The highest BCUT2D eigenvalue weighted by molar-refractivity contribution is 5.85. The molecular formula is C18H26N4O3. The van der Waals surface area contributed by atoms with Crippen LogP contribution >= 0.6 is 0 Å². The van der Waals surface area contributed by atoms with Crippen LogP contribution in [0.4, 0.5) is 4.79 Å². The number of carbonyl (C=O) groups excluding carboxylic acids is 2. The third-order valence-electron chi connectivity index (χ3n) is 3.59. The number of para-hydroxylation sites is 2. The van der Waals surface area contributed by atoms with Gasteiger partial charge in [0.15, 0.2) is 0 Å². The Hall–Kier alpha value is -2.57. The van der Waals surface area contributed by atoms with Crippen molar-refractivity contribution in [1.82, 2.24) is 20.6 Å². The zero-order valence-electron chi connectivity index (χ0n) is 15.3. The van der Waals surface area contributed by atoms with Crippen molar-refractivity contribution in [1.29, 1.82) is 0 Å². The smallest absolute Gasteiger partial charge is 0.408 e. The average molecular weight is 346 g/mol. The molecule has 25 heavy (non-hydrogen) atoms. The van der Waals surface area contributed by atoms with E-state index in [1.807, 2.05) is 31.2 Å². The van der Waals surface area contributed by atoms with Crippen LogP contribution in [0.25, 0.3) is 11.0 Å². The molecule has 0 aliphatic rings. The molecule has 136 valence electrons. The Bertz CT molecular complexity index is 715. The van der Waals surface area contributed by atoms with Gasteiger partial charge in [-0.1, -0.05) is 19.1 Å². The number of hydrogen-bond donors (Lipinski definition) is 3. The maximum Gasteiger partial charge on any atom is 0.408 e. The van der Waals surface area contributed by atoms with Crippen LogP contribution in [0.15, 0.2) is 24.3 Å². The van der Waals surface area contributed by atoms with Crippen LogP contribution in [0.5, 0.6) is 0 Å². The molecule has 1 heterocycles. The molecule has 1 aromatic heterocycles. The summed E-state index contributed by atoms with van der Waals surface area (Å²) in [6.07, 6.45) is 0.0528. The molecule has 7 heteroatoms. The maximum absolute atomic E-state index is 12.4. The van der Waals surface area contributed by atoms with Gasteiger partial charge in [-0.25, -0.2) is 9.78 Å². The van der Waals surface area contributed by atoms with E-state index < -0.39 is 17.7 Å². The average Bonchev–Trinajstić information content (AvgIpc) is 2.93. The summed E-state index contributed by atoms with van der Waals surface area (Å²) in [5.74, 6) is 0.402. The van der Waals surface area contributed by atoms with Crippen LogP contribution in [0.2, 0.25) is 0 Å². The summed E-state index contributed by atoms with van der Waals surface area (Å²) < 4.78 is 5.17. The summed E-state index contributed by atoms with van der Waals surface area (Å²) >= 11 is 0. The minimum Gasteiger partial charge on any atom is -0.444 e. The van der Waals surface area contributed by atoms with Gasteiger partial charge in [0.25, 0.3) is 0 Å². The Kier molecular flexibility index (Phi) is 5.66. The predicted molar refractivity (Wildman–Crippen MR) is 96.1 cm³/mol. The second-order valence-electron chi connectivity index (χ2n) is 6.98. The van der Waals surface area contributed by atoms with E-state index in [9.17, 15) is 9.59 Å². The van der Waals surface area contributed by atoms with Gasteiger partial charge in [-0.3, -0.25) is 4.79 Å². The van der Waals surface area contributed by atoms with E-state index in [1.54, 1.807) is 27.7 Å². The first-order valence-electron chi connectivity index (χ1n) is 8.44. The number of nitrogens with zero attached hydrogens (tertiary/aromatic N) is 1. The van der Waals surface area contributed by atoms with Gasteiger partial charge in [0.1, 0.15) is 17.5 Å². The molecule has 0 fully saturated rings. The lowest BCUT2D eigenvalue weighted by molar-refractivity contribution is -0.123. The Morgan fingerprint density at radius 3 is 2.52 bits per heavy atom. The number of carbonyl (C=O) groups is 2. The molecule has 0 spiro atoms. The van der Waals surface area contributed by atoms with Gasteiger partial charge in [-0.05, 0) is 46.2 Å². The molecule has 0 saturated carbocycles. The highest BCUT2D eigenvalue weighted by Gasteiger charge is 2.23. The Balaban J connectivity index is 2.00. The van der Waals surface area contributed by atoms with E-state index >= 15 is 0 Å². The summed E-state index contributed by atoms with van der Waals surface area (Å²) in [5.41, 5.74) is 1.16. The molecule has 1 aromatic carbocycles. The van der Waals surface area contributed by atoms with Crippen molar-refractivity contribution < 1.29 is 14.3 Å². The van der Waals surface area contributed by atoms with Crippen molar-refractivity contribution in [3.63, 3.8) is 0 Å². The number of aromatic amines is 1. The van der Waals surface area contributed by atoms with Crippen LogP contribution in [0, 0.1) is 0 Å². The second kappa shape index (κ2) is 7.55. The Morgan fingerprint density at radius 1 is 1.24 bits per heavy atom. The van der Waals surface area contributed by atoms with Crippen molar-refractivity contribution in [2.24, 2.45) is 0 Å². The van der Waals surface area contributed by atoms with E-state index in [2.05, 4.69) is 20.6 Å². The normalized spacial score (nSPS) is 14.0. The van der Waals surface area contributed by atoms with E-state index in [4.69, 9.17) is 4.74 Å². The summed E-state index contributed by atoms with van der Waals surface area (Å²) in [5, 5.41) is 5.45. The largest absolute Gasteiger partial charge is 0.444 e. The van der Waals surface area contributed by atoms with E-state index in [0.717, 1.165) is 11.0 Å². The fourth-order valence-electron chi connectivity index (χ4n) is 2.35. The zero-order valence-corrected chi connectivity index (χ0v) is 15.3. The van der Waals surface area contributed by atoms with E-state index in [1.165, 1.54) is 0 Å². The summed E-state index contributed by atoms with van der Waals surface area (Å²) in [6, 6.07) is 6.72. The number of hydrogen-bond acceptors (Lipinski definition) is 4. The van der Waals surface area contributed by atoms with Gasteiger partial charge in [0.2, 0.25) is 5.91 Å². The van der Waals surface area contributed by atoms with Gasteiger partial charge in [-0.15, -0.1) is 0 Å². The third kappa shape index (κ3) is 5.20. The van der Waals surface area contributed by atoms with Crippen LogP contribution in [-0.2, 0) is 9.53 Å². The molecule has 0 bridgehead atoms. The topological polar surface area (TPSA) is 96.1 Å². The minimum absolute atomic E-state index is 0.261. The minimum atomic E-state index is -0.715. The highest BCUT2D eigenvalue weighted by atomic mass is 16.6. The van der Waals surface area contributed by atoms with Crippen LogP contribution in [0.1, 0.15) is 52.9 Å². The summed E-state index contributed by atoms with van der Waals surface area (Å²) in [6.45, 7) is 8.89. The number of imidazole rings is 1. The van der Waals surface area contributed by atoms with Gasteiger partial charge >= 0.3 is 6.09 Å². The molecule has 0 saturated heterocycles. The quantitative estimate of drug-likeness (QED) is 0.775. The summed E-state index contributed by atoms with van der Waals surface area (Å²) in [7, 11) is 0. The Morgan fingerprint density at radius 2 is 1.92 bits per heavy atom. The molecular weight excluding hydrogens is 320 g/mol.